The van der Waals surface area contributed by atoms with Gasteiger partial charge in [0.05, 0.1) is 15.5 Å². The first-order valence-electron chi connectivity index (χ1n) is 5.86. The third-order valence-electron chi connectivity index (χ3n) is 2.77. The topological polar surface area (TPSA) is 110 Å². The summed E-state index contributed by atoms with van der Waals surface area (Å²) < 4.78 is 26.4. The fourth-order valence-electron chi connectivity index (χ4n) is 1.64. The Kier molecular flexibility index (Phi) is 3.81. The van der Waals surface area contributed by atoms with Gasteiger partial charge in [0, 0.05) is 12.1 Å². The van der Waals surface area contributed by atoms with Crippen LogP contribution >= 0.6 is 0 Å². The fraction of sp³-hybridized carbons (Fsp3) is 0.0769. The van der Waals surface area contributed by atoms with Crippen molar-refractivity contribution in [3.05, 3.63) is 58.1 Å². The number of nitrogens with one attached hydrogen (secondary N) is 1. The average molecular weight is 308 g/mol. The van der Waals surface area contributed by atoms with Gasteiger partial charge >= 0.3 is 0 Å². The van der Waals surface area contributed by atoms with Gasteiger partial charge in [-0.05, 0) is 25.1 Å². The van der Waals surface area contributed by atoms with E-state index in [1.807, 2.05) is 6.92 Å². The monoisotopic (exact) mass is 308 g/mol. The lowest BCUT2D eigenvalue weighted by Gasteiger charge is -2.09. The Balaban J connectivity index is 2.38. The molecule has 0 radical (unpaired) electrons. The van der Waals surface area contributed by atoms with E-state index < -0.39 is 20.7 Å². The summed E-state index contributed by atoms with van der Waals surface area (Å²) in [6, 6.07) is 9.17. The molecule has 0 aromatic heterocycles. The van der Waals surface area contributed by atoms with Gasteiger partial charge in [-0.3, -0.25) is 14.8 Å². The van der Waals surface area contributed by atoms with Crippen LogP contribution in [0.1, 0.15) is 5.56 Å². The lowest BCUT2D eigenvalue weighted by atomic mass is 10.2. The van der Waals surface area contributed by atoms with Crippen molar-refractivity contribution in [3.8, 4) is 5.75 Å². The van der Waals surface area contributed by atoms with Crippen molar-refractivity contribution in [1.29, 1.82) is 0 Å². The highest BCUT2D eigenvalue weighted by atomic mass is 32.2. The van der Waals surface area contributed by atoms with Crippen LogP contribution in [0.4, 0.5) is 11.4 Å². The number of hydrogen-bond acceptors (Lipinski definition) is 5. The largest absolute Gasteiger partial charge is 0.506 e. The number of sulfonamides is 1. The minimum Gasteiger partial charge on any atom is -0.506 e. The van der Waals surface area contributed by atoms with Crippen molar-refractivity contribution in [3.63, 3.8) is 0 Å². The normalized spacial score (nSPS) is 11.1. The number of aryl methyl sites for hydroxylation is 1. The maximum atomic E-state index is 12.2. The Morgan fingerprint density at radius 3 is 2.33 bits per heavy atom. The summed E-state index contributed by atoms with van der Waals surface area (Å²) in [7, 11) is -3.93. The number of aromatic hydroxyl groups is 1. The van der Waals surface area contributed by atoms with E-state index in [1.165, 1.54) is 12.1 Å². The van der Waals surface area contributed by atoms with E-state index in [0.29, 0.717) is 0 Å². The van der Waals surface area contributed by atoms with E-state index in [9.17, 15) is 23.6 Å². The van der Waals surface area contributed by atoms with Crippen LogP contribution < -0.4 is 4.72 Å². The Morgan fingerprint density at radius 2 is 1.76 bits per heavy atom. The molecule has 0 heterocycles. The number of phenolic OH excluding ortho intramolecular Hbond substituents is 1. The van der Waals surface area contributed by atoms with Gasteiger partial charge in [0.2, 0.25) is 0 Å². The zero-order valence-corrected chi connectivity index (χ0v) is 11.8. The quantitative estimate of drug-likeness (QED) is 0.512. The van der Waals surface area contributed by atoms with E-state index in [-0.39, 0.29) is 16.3 Å². The Labute approximate surface area is 121 Å². The second kappa shape index (κ2) is 5.41. The van der Waals surface area contributed by atoms with Crippen molar-refractivity contribution in [2.75, 3.05) is 4.72 Å². The van der Waals surface area contributed by atoms with Crippen LogP contribution in [0.2, 0.25) is 0 Å². The molecule has 0 bridgehead atoms. The molecule has 21 heavy (non-hydrogen) atoms. The van der Waals surface area contributed by atoms with Crippen LogP contribution in [0.3, 0.4) is 0 Å². The molecule has 0 aliphatic rings. The summed E-state index contributed by atoms with van der Waals surface area (Å²) in [6.07, 6.45) is 0. The third kappa shape index (κ3) is 3.29. The number of benzene rings is 2. The van der Waals surface area contributed by atoms with Gasteiger partial charge in [-0.1, -0.05) is 17.7 Å². The summed E-state index contributed by atoms with van der Waals surface area (Å²) in [5.41, 5.74) is 0.325. The predicted molar refractivity (Wildman–Crippen MR) is 76.7 cm³/mol. The molecule has 0 saturated heterocycles. The number of phenols is 1. The number of non-ortho nitro benzene ring substituents is 1. The summed E-state index contributed by atoms with van der Waals surface area (Å²) in [6.45, 7) is 1.82. The van der Waals surface area contributed by atoms with Crippen molar-refractivity contribution >= 4 is 21.4 Å². The van der Waals surface area contributed by atoms with Crippen LogP contribution in [0.5, 0.6) is 5.75 Å². The SMILES string of the molecule is Cc1ccc(S(=O)(=O)Nc2cc([N+](=O)[O-])ccc2O)cc1. The summed E-state index contributed by atoms with van der Waals surface area (Å²) in [5, 5.41) is 20.3. The van der Waals surface area contributed by atoms with Crippen LogP contribution in [-0.2, 0) is 10.0 Å². The van der Waals surface area contributed by atoms with Crippen LogP contribution in [0.25, 0.3) is 0 Å². The molecule has 8 heteroatoms. The van der Waals surface area contributed by atoms with Crippen molar-refractivity contribution < 1.29 is 18.4 Å². The Morgan fingerprint density at radius 1 is 1.14 bits per heavy atom. The van der Waals surface area contributed by atoms with Gasteiger partial charge in [0.15, 0.2) is 0 Å². The lowest BCUT2D eigenvalue weighted by molar-refractivity contribution is -0.384. The Hall–Kier alpha value is -2.61. The molecule has 0 unspecified atom stereocenters. The smallest absolute Gasteiger partial charge is 0.271 e. The lowest BCUT2D eigenvalue weighted by Crippen LogP contribution is -2.13. The molecular formula is C13H12N2O5S. The third-order valence-corrected chi connectivity index (χ3v) is 4.15. The number of nitrogens with zero attached hydrogens (tertiary/aromatic N) is 1. The number of rotatable bonds is 4. The van der Waals surface area contributed by atoms with E-state index in [1.54, 1.807) is 12.1 Å². The summed E-state index contributed by atoms with van der Waals surface area (Å²) >= 11 is 0. The molecule has 2 aromatic carbocycles. The molecule has 2 N–H and O–H groups in total. The first kappa shape index (κ1) is 14.8. The average Bonchev–Trinajstić information content (AvgIpc) is 2.41. The van der Waals surface area contributed by atoms with E-state index >= 15 is 0 Å². The van der Waals surface area contributed by atoms with Crippen LogP contribution in [0, 0.1) is 17.0 Å². The molecule has 0 saturated carbocycles. The van der Waals surface area contributed by atoms with Crippen molar-refractivity contribution in [1.82, 2.24) is 0 Å². The molecule has 0 aliphatic carbocycles. The molecule has 7 nitrogen and oxygen atoms in total. The molecule has 0 fully saturated rings. The van der Waals surface area contributed by atoms with E-state index in [0.717, 1.165) is 23.8 Å². The number of anilines is 1. The molecule has 110 valence electrons. The van der Waals surface area contributed by atoms with E-state index in [4.69, 9.17) is 0 Å². The fourth-order valence-corrected chi connectivity index (χ4v) is 2.71. The first-order chi connectivity index (χ1) is 9.79. The van der Waals surface area contributed by atoms with Gasteiger partial charge in [-0.25, -0.2) is 8.42 Å². The maximum Gasteiger partial charge on any atom is 0.271 e. The highest BCUT2D eigenvalue weighted by molar-refractivity contribution is 7.92. The molecule has 0 aliphatic heterocycles. The van der Waals surface area contributed by atoms with Crippen molar-refractivity contribution in [2.24, 2.45) is 0 Å². The predicted octanol–water partition coefficient (Wildman–Crippen LogP) is 2.41. The number of nitro groups is 1. The highest BCUT2D eigenvalue weighted by Gasteiger charge is 2.18. The van der Waals surface area contributed by atoms with Crippen molar-refractivity contribution in [2.45, 2.75) is 11.8 Å². The van der Waals surface area contributed by atoms with Gasteiger partial charge in [0.1, 0.15) is 5.75 Å². The van der Waals surface area contributed by atoms with Gasteiger partial charge in [-0.2, -0.15) is 0 Å². The van der Waals surface area contributed by atoms with Gasteiger partial charge in [0.25, 0.3) is 15.7 Å². The first-order valence-corrected chi connectivity index (χ1v) is 7.35. The highest BCUT2D eigenvalue weighted by Crippen LogP contribution is 2.29. The standard InChI is InChI=1S/C13H12N2O5S/c1-9-2-5-11(6-3-9)21(19,20)14-12-8-10(15(17)18)4-7-13(12)16/h2-8,14,16H,1H3. The molecule has 2 rings (SSSR count). The minimum atomic E-state index is -3.93. The molecule has 0 atom stereocenters. The summed E-state index contributed by atoms with van der Waals surface area (Å²) in [4.78, 5) is 10.0. The second-order valence-electron chi connectivity index (χ2n) is 4.38. The van der Waals surface area contributed by atoms with Gasteiger partial charge < -0.3 is 5.11 Å². The summed E-state index contributed by atoms with van der Waals surface area (Å²) in [5.74, 6) is -0.392. The molecule has 0 spiro atoms. The second-order valence-corrected chi connectivity index (χ2v) is 6.06. The number of hydrogen-bond donors (Lipinski definition) is 2. The van der Waals surface area contributed by atoms with Crippen LogP contribution in [-0.4, -0.2) is 18.4 Å². The maximum absolute atomic E-state index is 12.2. The molecule has 2 aromatic rings. The number of nitro benzene ring substituents is 1. The molecular weight excluding hydrogens is 296 g/mol. The van der Waals surface area contributed by atoms with Crippen LogP contribution in [0.15, 0.2) is 47.4 Å². The van der Waals surface area contributed by atoms with E-state index in [2.05, 4.69) is 4.72 Å². The zero-order valence-electron chi connectivity index (χ0n) is 11.0. The Bertz CT molecular complexity index is 785. The van der Waals surface area contributed by atoms with Gasteiger partial charge in [-0.15, -0.1) is 0 Å². The minimum absolute atomic E-state index is 0.000920. The zero-order chi connectivity index (χ0) is 15.6. The molecule has 0 amide bonds.